The summed E-state index contributed by atoms with van der Waals surface area (Å²) in [7, 11) is 0. The summed E-state index contributed by atoms with van der Waals surface area (Å²) in [5.41, 5.74) is 3.17. The third-order valence-corrected chi connectivity index (χ3v) is 8.71. The molecule has 0 amide bonds. The van der Waals surface area contributed by atoms with Crippen molar-refractivity contribution in [2.24, 2.45) is 11.8 Å². The molecule has 0 unspecified atom stereocenters. The first kappa shape index (κ1) is 24.8. The second-order valence-electron chi connectivity index (χ2n) is 11.3. The molecule has 1 aromatic heterocycles. The zero-order chi connectivity index (χ0) is 25.5. The van der Waals surface area contributed by atoms with E-state index in [9.17, 15) is 4.39 Å². The molecule has 3 aromatic rings. The Hall–Kier alpha value is -2.51. The van der Waals surface area contributed by atoms with Crippen LogP contribution in [0.25, 0.3) is 10.9 Å². The average Bonchev–Trinajstić information content (AvgIpc) is 3.49. The number of aromatic amines is 1. The molecular weight excluding hydrogens is 475 g/mol. The Bertz CT molecular complexity index is 1230. The van der Waals surface area contributed by atoms with Crippen molar-refractivity contribution in [3.63, 3.8) is 0 Å². The Balaban J connectivity index is 1.31. The fourth-order valence-corrected chi connectivity index (χ4v) is 6.75. The fraction of sp³-hybridized carbons (Fsp3) is 0.533. The van der Waals surface area contributed by atoms with Gasteiger partial charge in [0.25, 0.3) is 0 Å². The van der Waals surface area contributed by atoms with Gasteiger partial charge in [0.1, 0.15) is 24.0 Å². The SMILES string of the molecule is C[C@@H]1Cc2c([nH]c3ccccc23)[C@@H](c2c(F)cc(OCCN3CC(CF)C3)cc2F)N1CC1CCCC1. The molecule has 1 aliphatic carbocycles. The zero-order valence-electron chi connectivity index (χ0n) is 21.5. The van der Waals surface area contributed by atoms with Gasteiger partial charge in [-0.1, -0.05) is 31.0 Å². The van der Waals surface area contributed by atoms with Gasteiger partial charge in [-0.3, -0.25) is 14.2 Å². The standard InChI is InChI=1S/C30H36F3N3O/c1-19-12-24-23-8-4-5-9-27(23)34-29(24)30(36(19)18-20-6-2-3-7-20)28-25(32)13-22(14-26(28)33)37-11-10-35-16-21(15-31)17-35/h4-5,8-9,13-14,19-21,30,34H,2-3,6-7,10-12,15-18H2,1H3/t19-,30-/m1/s1. The number of fused-ring (bicyclic) bond motifs is 3. The minimum atomic E-state index is -0.573. The molecule has 6 rings (SSSR count). The third kappa shape index (κ3) is 4.76. The van der Waals surface area contributed by atoms with Gasteiger partial charge in [0.15, 0.2) is 0 Å². The lowest BCUT2D eigenvalue weighted by atomic mass is 9.87. The highest BCUT2D eigenvalue weighted by molar-refractivity contribution is 5.85. The quantitative estimate of drug-likeness (QED) is 0.388. The van der Waals surface area contributed by atoms with E-state index in [4.69, 9.17) is 4.74 Å². The van der Waals surface area contributed by atoms with Gasteiger partial charge in [-0.05, 0) is 43.7 Å². The number of ether oxygens (including phenoxy) is 1. The van der Waals surface area contributed by atoms with Crippen LogP contribution in [-0.2, 0) is 6.42 Å². The monoisotopic (exact) mass is 511 g/mol. The molecule has 0 radical (unpaired) electrons. The number of likely N-dealkylation sites (tertiary alicyclic amines) is 1. The van der Waals surface area contributed by atoms with Crippen LogP contribution in [0, 0.1) is 23.5 Å². The number of hydrogen-bond donors (Lipinski definition) is 1. The number of nitrogens with zero attached hydrogens (tertiary/aromatic N) is 2. The van der Waals surface area contributed by atoms with Gasteiger partial charge >= 0.3 is 0 Å². The van der Waals surface area contributed by atoms with E-state index in [0.717, 1.165) is 35.1 Å². The summed E-state index contributed by atoms with van der Waals surface area (Å²) in [6.07, 6.45) is 5.67. The number of halogens is 3. The summed E-state index contributed by atoms with van der Waals surface area (Å²) in [6.45, 7) is 5.09. The van der Waals surface area contributed by atoms with Gasteiger partial charge in [-0.25, -0.2) is 8.78 Å². The van der Waals surface area contributed by atoms with Gasteiger partial charge in [0.05, 0.1) is 12.7 Å². The smallest absolute Gasteiger partial charge is 0.135 e. The van der Waals surface area contributed by atoms with Crippen LogP contribution < -0.4 is 4.74 Å². The Kier molecular flexibility index (Phi) is 6.93. The van der Waals surface area contributed by atoms with Crippen LogP contribution in [0.1, 0.15) is 55.5 Å². The first-order chi connectivity index (χ1) is 18.0. The van der Waals surface area contributed by atoms with E-state index < -0.39 is 17.7 Å². The van der Waals surface area contributed by atoms with Crippen LogP contribution in [0.5, 0.6) is 5.75 Å². The third-order valence-electron chi connectivity index (χ3n) is 8.71. The molecular formula is C30H36F3N3O. The van der Waals surface area contributed by atoms with Crippen molar-refractivity contribution in [3.8, 4) is 5.75 Å². The molecule has 0 bridgehead atoms. The Morgan fingerprint density at radius 3 is 2.49 bits per heavy atom. The Labute approximate surface area is 216 Å². The number of hydrogen-bond acceptors (Lipinski definition) is 3. The van der Waals surface area contributed by atoms with E-state index in [1.54, 1.807) is 0 Å². The molecule has 3 heterocycles. The van der Waals surface area contributed by atoms with Gasteiger partial charge in [0.2, 0.25) is 0 Å². The molecule has 1 N–H and O–H groups in total. The first-order valence-electron chi connectivity index (χ1n) is 13.8. The predicted molar refractivity (Wildman–Crippen MR) is 140 cm³/mol. The molecule has 1 saturated carbocycles. The fourth-order valence-electron chi connectivity index (χ4n) is 6.75. The van der Waals surface area contributed by atoms with E-state index in [1.807, 2.05) is 18.2 Å². The van der Waals surface area contributed by atoms with Gasteiger partial charge in [0, 0.05) is 72.4 Å². The molecule has 198 valence electrons. The van der Waals surface area contributed by atoms with Crippen LogP contribution in [0.3, 0.4) is 0 Å². The van der Waals surface area contributed by atoms with E-state index in [2.05, 4.69) is 27.8 Å². The normalized spacial score (nSPS) is 23.5. The van der Waals surface area contributed by atoms with Crippen molar-refractivity contribution < 1.29 is 17.9 Å². The second-order valence-corrected chi connectivity index (χ2v) is 11.3. The van der Waals surface area contributed by atoms with Crippen molar-refractivity contribution in [2.75, 3.05) is 39.5 Å². The lowest BCUT2D eigenvalue weighted by Crippen LogP contribution is -2.49. The topological polar surface area (TPSA) is 31.5 Å². The van der Waals surface area contributed by atoms with Crippen LogP contribution in [0.15, 0.2) is 36.4 Å². The highest BCUT2D eigenvalue weighted by Gasteiger charge is 2.40. The van der Waals surface area contributed by atoms with E-state index in [1.165, 1.54) is 37.8 Å². The van der Waals surface area contributed by atoms with Crippen molar-refractivity contribution in [3.05, 3.63) is 64.9 Å². The van der Waals surface area contributed by atoms with Crippen molar-refractivity contribution in [2.45, 2.75) is 51.1 Å². The highest BCUT2D eigenvalue weighted by Crippen LogP contribution is 2.44. The molecule has 2 aliphatic heterocycles. The van der Waals surface area contributed by atoms with E-state index in [-0.39, 0.29) is 29.9 Å². The predicted octanol–water partition coefficient (Wildman–Crippen LogP) is 6.25. The molecule has 37 heavy (non-hydrogen) atoms. The molecule has 2 fully saturated rings. The van der Waals surface area contributed by atoms with Crippen molar-refractivity contribution >= 4 is 10.9 Å². The minimum Gasteiger partial charge on any atom is -0.492 e. The minimum absolute atomic E-state index is 0.0956. The number of para-hydroxylation sites is 1. The number of benzene rings is 2. The maximum Gasteiger partial charge on any atom is 0.135 e. The largest absolute Gasteiger partial charge is 0.492 e. The van der Waals surface area contributed by atoms with Crippen LogP contribution in [0.4, 0.5) is 13.2 Å². The molecule has 2 aromatic carbocycles. The number of nitrogens with one attached hydrogen (secondary N) is 1. The number of H-pyrrole nitrogens is 1. The lowest BCUT2D eigenvalue weighted by molar-refractivity contribution is 0.0667. The number of aromatic nitrogens is 1. The van der Waals surface area contributed by atoms with Crippen LogP contribution in [-0.4, -0.2) is 60.3 Å². The Morgan fingerprint density at radius 2 is 1.76 bits per heavy atom. The molecule has 3 aliphatic rings. The number of alkyl halides is 1. The first-order valence-corrected chi connectivity index (χ1v) is 13.8. The maximum atomic E-state index is 15.8. The Morgan fingerprint density at radius 1 is 1.03 bits per heavy atom. The average molecular weight is 512 g/mol. The second kappa shape index (κ2) is 10.3. The highest BCUT2D eigenvalue weighted by atomic mass is 19.1. The van der Waals surface area contributed by atoms with Gasteiger partial charge in [-0.15, -0.1) is 0 Å². The zero-order valence-corrected chi connectivity index (χ0v) is 21.5. The van der Waals surface area contributed by atoms with Gasteiger partial charge in [-0.2, -0.15) is 0 Å². The maximum absolute atomic E-state index is 15.8. The van der Waals surface area contributed by atoms with Crippen LogP contribution >= 0.6 is 0 Å². The van der Waals surface area contributed by atoms with Crippen molar-refractivity contribution in [1.82, 2.24) is 14.8 Å². The summed E-state index contributed by atoms with van der Waals surface area (Å²) >= 11 is 0. The lowest BCUT2D eigenvalue weighted by Gasteiger charge is -2.42. The summed E-state index contributed by atoms with van der Waals surface area (Å²) in [5, 5.41) is 1.14. The molecule has 1 saturated heterocycles. The van der Waals surface area contributed by atoms with Crippen LogP contribution in [0.2, 0.25) is 0 Å². The van der Waals surface area contributed by atoms with E-state index >= 15 is 8.78 Å². The summed E-state index contributed by atoms with van der Waals surface area (Å²) in [5.74, 6) is -0.283. The van der Waals surface area contributed by atoms with Gasteiger partial charge < -0.3 is 9.72 Å². The molecule has 2 atom stereocenters. The number of rotatable bonds is 8. The molecule has 4 nitrogen and oxygen atoms in total. The molecule has 0 spiro atoms. The van der Waals surface area contributed by atoms with E-state index in [0.29, 0.717) is 32.2 Å². The van der Waals surface area contributed by atoms with Crippen molar-refractivity contribution in [1.29, 1.82) is 0 Å². The summed E-state index contributed by atoms with van der Waals surface area (Å²) in [6, 6.07) is 10.4. The summed E-state index contributed by atoms with van der Waals surface area (Å²) in [4.78, 5) is 7.95. The molecule has 7 heteroatoms. The summed E-state index contributed by atoms with van der Waals surface area (Å²) < 4.78 is 50.0.